The number of hydrogen-bond donors (Lipinski definition) is 2. The van der Waals surface area contributed by atoms with Gasteiger partial charge < -0.3 is 24.7 Å². The van der Waals surface area contributed by atoms with Gasteiger partial charge in [-0.3, -0.25) is 4.79 Å². The zero-order valence-corrected chi connectivity index (χ0v) is 17.0. The minimum absolute atomic E-state index is 0.0547. The average Bonchev–Trinajstić information content (AvgIpc) is 3.29. The average molecular weight is 422 g/mol. The van der Waals surface area contributed by atoms with Crippen molar-refractivity contribution >= 4 is 12.0 Å². The predicted molar refractivity (Wildman–Crippen MR) is 112 cm³/mol. The number of ether oxygens (including phenoxy) is 2. The maximum atomic E-state index is 12.2. The quantitative estimate of drug-likeness (QED) is 0.530. The first-order chi connectivity index (χ1) is 15.2. The lowest BCUT2D eigenvalue weighted by molar-refractivity contribution is 0.0907. The number of amides is 1. The molecule has 1 saturated carbocycles. The highest BCUT2D eigenvalue weighted by Crippen LogP contribution is 2.30. The molecule has 2 aliphatic rings. The fourth-order valence-corrected chi connectivity index (χ4v) is 3.20. The van der Waals surface area contributed by atoms with Gasteiger partial charge in [-0.15, -0.1) is 0 Å². The number of carbonyl (C=O) groups is 1. The number of nitrogens with zero attached hydrogens (tertiary/aromatic N) is 4. The van der Waals surface area contributed by atoms with Gasteiger partial charge in [-0.2, -0.15) is 4.98 Å². The molecule has 0 unspecified atom stereocenters. The fraction of sp³-hybridized carbons (Fsp3) is 0.333. The summed E-state index contributed by atoms with van der Waals surface area (Å²) in [6.07, 6.45) is 7.85. The number of rotatable bonds is 8. The summed E-state index contributed by atoms with van der Waals surface area (Å²) in [5.74, 6) is 1.33. The molecule has 31 heavy (non-hydrogen) atoms. The van der Waals surface area contributed by atoms with Crippen LogP contribution in [0.1, 0.15) is 29.4 Å². The number of carbonyl (C=O) groups excluding carboxylic acids is 1. The molecule has 0 bridgehead atoms. The molecule has 1 aromatic carbocycles. The molecule has 1 aliphatic heterocycles. The molecular formula is C21H22N6O4. The molecule has 0 spiro atoms. The Balaban J connectivity index is 1.47. The highest BCUT2D eigenvalue weighted by atomic mass is 16.5. The Bertz CT molecular complexity index is 1130. The van der Waals surface area contributed by atoms with E-state index in [1.807, 2.05) is 35.2 Å². The van der Waals surface area contributed by atoms with E-state index in [-0.39, 0.29) is 17.8 Å². The second kappa shape index (κ2) is 8.23. The summed E-state index contributed by atoms with van der Waals surface area (Å²) in [5.41, 5.74) is 5.48. The zero-order chi connectivity index (χ0) is 21.2. The third-order valence-corrected chi connectivity index (χ3v) is 4.93. The van der Waals surface area contributed by atoms with Crippen LogP contribution in [0.3, 0.4) is 0 Å². The normalized spacial score (nSPS) is 14.7. The van der Waals surface area contributed by atoms with E-state index in [4.69, 9.17) is 14.0 Å². The Kier molecular flexibility index (Phi) is 5.13. The van der Waals surface area contributed by atoms with Gasteiger partial charge in [0.2, 0.25) is 5.82 Å². The van der Waals surface area contributed by atoms with E-state index in [1.165, 1.54) is 0 Å². The lowest BCUT2D eigenvalue weighted by Crippen LogP contribution is -2.25. The molecular weight excluding hydrogens is 400 g/mol. The molecule has 2 N–H and O–H groups in total. The number of hydrogen-bond acceptors (Lipinski definition) is 8. The first kappa shape index (κ1) is 19.3. The van der Waals surface area contributed by atoms with Gasteiger partial charge in [0, 0.05) is 30.8 Å². The Morgan fingerprint density at radius 3 is 2.94 bits per heavy atom. The van der Waals surface area contributed by atoms with Crippen LogP contribution in [0.25, 0.3) is 28.7 Å². The van der Waals surface area contributed by atoms with Gasteiger partial charge in [0.05, 0.1) is 18.5 Å². The maximum absolute atomic E-state index is 12.2. The van der Waals surface area contributed by atoms with Gasteiger partial charge in [0.25, 0.3) is 0 Å². The summed E-state index contributed by atoms with van der Waals surface area (Å²) in [4.78, 5) is 21.2. The van der Waals surface area contributed by atoms with Crippen LogP contribution < -0.4 is 15.5 Å². The van der Waals surface area contributed by atoms with Gasteiger partial charge in [-0.05, 0) is 37.1 Å². The molecule has 2 aromatic heterocycles. The van der Waals surface area contributed by atoms with E-state index in [1.54, 1.807) is 13.2 Å². The highest BCUT2D eigenvalue weighted by molar-refractivity contribution is 5.90. The van der Waals surface area contributed by atoms with Crippen molar-refractivity contribution in [3.63, 3.8) is 0 Å². The SMILES string of the molecule is COCCOc1cc(-c2cn3c(n2)C=CCN3)cc(-c2noc(C(=O)NC3CC3)n2)c1. The van der Waals surface area contributed by atoms with E-state index in [2.05, 4.69) is 25.9 Å². The molecule has 10 nitrogen and oxygen atoms in total. The number of benzene rings is 1. The van der Waals surface area contributed by atoms with E-state index < -0.39 is 0 Å². The lowest BCUT2D eigenvalue weighted by atomic mass is 10.1. The molecule has 3 heterocycles. The third-order valence-electron chi connectivity index (χ3n) is 4.93. The zero-order valence-electron chi connectivity index (χ0n) is 17.0. The van der Waals surface area contributed by atoms with Crippen LogP contribution in [0.4, 0.5) is 0 Å². The first-order valence-corrected chi connectivity index (χ1v) is 10.1. The van der Waals surface area contributed by atoms with Crippen molar-refractivity contribution < 1.29 is 18.8 Å². The van der Waals surface area contributed by atoms with Gasteiger partial charge in [0.1, 0.15) is 12.4 Å². The van der Waals surface area contributed by atoms with Crippen molar-refractivity contribution in [1.29, 1.82) is 0 Å². The fourth-order valence-electron chi connectivity index (χ4n) is 3.20. The van der Waals surface area contributed by atoms with Crippen molar-refractivity contribution in [2.45, 2.75) is 18.9 Å². The summed E-state index contributed by atoms with van der Waals surface area (Å²) >= 11 is 0. The smallest absolute Gasteiger partial charge is 0.316 e. The Morgan fingerprint density at radius 2 is 2.13 bits per heavy atom. The Morgan fingerprint density at radius 1 is 1.26 bits per heavy atom. The number of methoxy groups -OCH3 is 1. The standard InChI is InChI=1S/C21H22N6O4/c1-29-7-8-30-16-10-13(17-12-27-18(24-17)3-2-6-22-27)9-14(11-16)19-25-21(31-26-19)20(28)23-15-4-5-15/h2-3,9-12,15,22H,4-8H2,1H3,(H,23,28). The van der Waals surface area contributed by atoms with Gasteiger partial charge in [-0.25, -0.2) is 9.66 Å². The minimum Gasteiger partial charge on any atom is -0.491 e. The third kappa shape index (κ3) is 4.29. The first-order valence-electron chi connectivity index (χ1n) is 10.1. The molecule has 0 radical (unpaired) electrons. The molecule has 1 aliphatic carbocycles. The molecule has 3 aromatic rings. The molecule has 160 valence electrons. The minimum atomic E-state index is -0.353. The number of nitrogens with one attached hydrogen (secondary N) is 2. The van der Waals surface area contributed by atoms with Crippen molar-refractivity contribution in [2.75, 3.05) is 32.3 Å². The van der Waals surface area contributed by atoms with Crippen molar-refractivity contribution in [2.24, 2.45) is 0 Å². The number of fused-ring (bicyclic) bond motifs is 1. The van der Waals surface area contributed by atoms with Gasteiger partial charge >= 0.3 is 11.8 Å². The molecule has 5 rings (SSSR count). The summed E-state index contributed by atoms with van der Waals surface area (Å²) in [7, 11) is 1.62. The van der Waals surface area contributed by atoms with Crippen LogP contribution in [-0.2, 0) is 4.74 Å². The lowest BCUT2D eigenvalue weighted by Gasteiger charge is -2.10. The molecule has 0 saturated heterocycles. The summed E-state index contributed by atoms with van der Waals surface area (Å²) in [6, 6.07) is 5.81. The topological polar surface area (TPSA) is 116 Å². The van der Waals surface area contributed by atoms with Gasteiger partial charge in [-0.1, -0.05) is 11.2 Å². The van der Waals surface area contributed by atoms with Crippen LogP contribution in [0.15, 0.2) is 35.0 Å². The van der Waals surface area contributed by atoms with E-state index in [0.29, 0.717) is 30.4 Å². The molecule has 0 atom stereocenters. The second-order valence-corrected chi connectivity index (χ2v) is 7.38. The van der Waals surface area contributed by atoms with Crippen LogP contribution in [-0.4, -0.2) is 58.6 Å². The largest absolute Gasteiger partial charge is 0.491 e. The monoisotopic (exact) mass is 422 g/mol. The van der Waals surface area contributed by atoms with Crippen LogP contribution in [0.2, 0.25) is 0 Å². The Hall–Kier alpha value is -3.66. The van der Waals surface area contributed by atoms with Crippen molar-refractivity contribution in [3.8, 4) is 28.4 Å². The molecule has 10 heteroatoms. The van der Waals surface area contributed by atoms with E-state index in [9.17, 15) is 4.79 Å². The molecule has 1 amide bonds. The maximum Gasteiger partial charge on any atom is 0.316 e. The van der Waals surface area contributed by atoms with Gasteiger partial charge in [0.15, 0.2) is 5.82 Å². The van der Waals surface area contributed by atoms with Crippen molar-refractivity contribution in [3.05, 3.63) is 42.2 Å². The number of aromatic nitrogens is 4. The summed E-state index contributed by atoms with van der Waals surface area (Å²) < 4.78 is 18.0. The predicted octanol–water partition coefficient (Wildman–Crippen LogP) is 2.09. The summed E-state index contributed by atoms with van der Waals surface area (Å²) in [6.45, 7) is 1.59. The van der Waals surface area contributed by atoms with E-state index >= 15 is 0 Å². The highest BCUT2D eigenvalue weighted by Gasteiger charge is 2.27. The molecule has 1 fully saturated rings. The van der Waals surface area contributed by atoms with Crippen LogP contribution >= 0.6 is 0 Å². The van der Waals surface area contributed by atoms with Crippen molar-refractivity contribution in [1.82, 2.24) is 25.1 Å². The Labute approximate surface area is 178 Å². The van der Waals surface area contributed by atoms with Crippen LogP contribution in [0.5, 0.6) is 5.75 Å². The van der Waals surface area contributed by atoms with E-state index in [0.717, 1.165) is 36.5 Å². The summed E-state index contributed by atoms with van der Waals surface area (Å²) in [5, 5.41) is 6.84. The number of imidazole rings is 1. The second-order valence-electron chi connectivity index (χ2n) is 7.38. The van der Waals surface area contributed by atoms with Crippen LogP contribution in [0, 0.1) is 0 Å².